The molecular formula is C16H11BrClN3O3S2. The molecule has 134 valence electrons. The second-order valence-electron chi connectivity index (χ2n) is 4.87. The van der Waals surface area contributed by atoms with Gasteiger partial charge in [-0.05, 0) is 64.1 Å². The molecule has 0 spiro atoms. The van der Waals surface area contributed by atoms with E-state index in [-0.39, 0.29) is 10.1 Å². The number of nitrogens with zero attached hydrogens (tertiary/aromatic N) is 2. The number of hydrogen-bond donors (Lipinski definition) is 2. The number of rotatable bonds is 6. The summed E-state index contributed by atoms with van der Waals surface area (Å²) in [6.45, 7) is 0. The fraction of sp³-hybridized carbons (Fsp3) is 0.0625. The molecule has 2 aromatic heterocycles. The highest BCUT2D eigenvalue weighted by atomic mass is 79.9. The highest BCUT2D eigenvalue weighted by Crippen LogP contribution is 2.33. The smallest absolute Gasteiger partial charge is 0.342 e. The maximum atomic E-state index is 11.5. The molecule has 3 rings (SSSR count). The quantitative estimate of drug-likeness (QED) is 0.380. The van der Waals surface area contributed by atoms with Crippen LogP contribution in [-0.2, 0) is 4.79 Å². The maximum absolute atomic E-state index is 11.5. The van der Waals surface area contributed by atoms with Gasteiger partial charge in [-0.15, -0.1) is 16.4 Å². The normalized spacial score (nSPS) is 11.6. The Morgan fingerprint density at radius 3 is 2.88 bits per heavy atom. The standard InChI is InChI=1S/C16H11BrClN3O3S2/c1-24-11-4-2-8(18)6-10(11)14-19-16(21-20-14)26-12(15(22)23)7-9-3-5-13(17)25-9/h2-7H,1H3,(H,22,23)(H,19,20,21)/b12-7-. The molecule has 26 heavy (non-hydrogen) atoms. The van der Waals surface area contributed by atoms with Crippen LogP contribution in [0.2, 0.25) is 5.02 Å². The number of carbonyl (C=O) groups is 1. The molecule has 0 saturated heterocycles. The molecule has 0 aliphatic carbocycles. The van der Waals surface area contributed by atoms with Gasteiger partial charge in [0.05, 0.1) is 16.5 Å². The Labute approximate surface area is 170 Å². The Hall–Kier alpha value is -1.81. The summed E-state index contributed by atoms with van der Waals surface area (Å²) in [6, 6.07) is 8.83. The molecule has 0 unspecified atom stereocenters. The molecule has 10 heteroatoms. The first kappa shape index (κ1) is 19.0. The van der Waals surface area contributed by atoms with Crippen LogP contribution < -0.4 is 4.74 Å². The number of carboxylic acid groups (broad SMARTS) is 1. The lowest BCUT2D eigenvalue weighted by molar-refractivity contribution is -0.131. The second-order valence-corrected chi connectivity index (χ2v) is 8.81. The van der Waals surface area contributed by atoms with Crippen molar-refractivity contribution in [1.29, 1.82) is 0 Å². The molecule has 3 aromatic rings. The largest absolute Gasteiger partial charge is 0.496 e. The summed E-state index contributed by atoms with van der Waals surface area (Å²) in [5, 5.41) is 17.1. The van der Waals surface area contributed by atoms with E-state index >= 15 is 0 Å². The van der Waals surface area contributed by atoms with Gasteiger partial charge in [0, 0.05) is 9.90 Å². The molecule has 0 atom stereocenters. The number of thioether (sulfide) groups is 1. The third kappa shape index (κ3) is 4.47. The molecule has 6 nitrogen and oxygen atoms in total. The fourth-order valence-electron chi connectivity index (χ4n) is 2.05. The van der Waals surface area contributed by atoms with Crippen molar-refractivity contribution in [3.05, 3.63) is 48.9 Å². The van der Waals surface area contributed by atoms with Crippen LogP contribution in [0.5, 0.6) is 5.75 Å². The van der Waals surface area contributed by atoms with Crippen molar-refractivity contribution in [3.63, 3.8) is 0 Å². The number of nitrogens with one attached hydrogen (secondary N) is 1. The highest BCUT2D eigenvalue weighted by Gasteiger charge is 2.16. The highest BCUT2D eigenvalue weighted by molar-refractivity contribution is 9.11. The second kappa shape index (κ2) is 8.26. The summed E-state index contributed by atoms with van der Waals surface area (Å²) in [5.41, 5.74) is 0.641. The minimum Gasteiger partial charge on any atom is -0.496 e. The molecule has 0 amide bonds. The first-order valence-electron chi connectivity index (χ1n) is 7.11. The Kier molecular flexibility index (Phi) is 6.02. The number of halogens is 2. The third-order valence-corrected chi connectivity index (χ3v) is 5.84. The van der Waals surface area contributed by atoms with Crippen molar-refractivity contribution in [1.82, 2.24) is 15.2 Å². The Morgan fingerprint density at radius 2 is 2.23 bits per heavy atom. The van der Waals surface area contributed by atoms with E-state index in [1.165, 1.54) is 11.3 Å². The van der Waals surface area contributed by atoms with Crippen molar-refractivity contribution < 1.29 is 14.6 Å². The molecule has 0 radical (unpaired) electrons. The number of hydrogen-bond acceptors (Lipinski definition) is 6. The maximum Gasteiger partial charge on any atom is 0.342 e. The van der Waals surface area contributed by atoms with Crippen LogP contribution in [0, 0.1) is 0 Å². The zero-order chi connectivity index (χ0) is 18.7. The molecule has 0 fully saturated rings. The lowest BCUT2D eigenvalue weighted by atomic mass is 10.2. The Balaban J connectivity index is 1.88. The number of thiophene rings is 1. The number of ether oxygens (including phenoxy) is 1. The zero-order valence-corrected chi connectivity index (χ0v) is 17.2. The van der Waals surface area contributed by atoms with Crippen LogP contribution in [0.3, 0.4) is 0 Å². The van der Waals surface area contributed by atoms with E-state index in [4.69, 9.17) is 16.3 Å². The third-order valence-electron chi connectivity index (χ3n) is 3.16. The molecule has 0 aliphatic rings. The summed E-state index contributed by atoms with van der Waals surface area (Å²) < 4.78 is 6.23. The lowest BCUT2D eigenvalue weighted by Crippen LogP contribution is -1.96. The first-order chi connectivity index (χ1) is 12.5. The number of aromatic nitrogens is 3. The summed E-state index contributed by atoms with van der Waals surface area (Å²) in [7, 11) is 1.54. The van der Waals surface area contributed by atoms with Crippen LogP contribution >= 0.6 is 50.6 Å². The summed E-state index contributed by atoms with van der Waals surface area (Å²) in [4.78, 5) is 16.8. The van der Waals surface area contributed by atoms with Gasteiger partial charge in [0.15, 0.2) is 5.82 Å². The van der Waals surface area contributed by atoms with E-state index in [0.29, 0.717) is 22.2 Å². The number of aliphatic carboxylic acids is 1. The van der Waals surface area contributed by atoms with E-state index in [1.54, 1.807) is 31.4 Å². The number of aromatic amines is 1. The zero-order valence-electron chi connectivity index (χ0n) is 13.2. The predicted octanol–water partition coefficient (Wildman–Crippen LogP) is 5.18. The van der Waals surface area contributed by atoms with E-state index in [9.17, 15) is 9.90 Å². The van der Waals surface area contributed by atoms with Gasteiger partial charge in [0.25, 0.3) is 0 Å². The van der Waals surface area contributed by atoms with Crippen molar-refractivity contribution in [2.24, 2.45) is 0 Å². The average Bonchev–Trinajstić information content (AvgIpc) is 3.23. The number of H-pyrrole nitrogens is 1. The molecular weight excluding hydrogens is 462 g/mol. The van der Waals surface area contributed by atoms with Crippen LogP contribution in [0.1, 0.15) is 4.88 Å². The monoisotopic (exact) mass is 471 g/mol. The van der Waals surface area contributed by atoms with Crippen LogP contribution in [0.4, 0.5) is 0 Å². The number of benzene rings is 1. The van der Waals surface area contributed by atoms with Gasteiger partial charge in [-0.25, -0.2) is 9.78 Å². The van der Waals surface area contributed by atoms with Gasteiger partial charge in [-0.1, -0.05) is 11.6 Å². The van der Waals surface area contributed by atoms with Crippen LogP contribution in [0.15, 0.2) is 44.2 Å². The van der Waals surface area contributed by atoms with Gasteiger partial charge in [-0.3, -0.25) is 5.10 Å². The summed E-state index contributed by atoms with van der Waals surface area (Å²) in [5.74, 6) is -0.0267. The molecule has 0 aliphatic heterocycles. The summed E-state index contributed by atoms with van der Waals surface area (Å²) in [6.07, 6.45) is 1.58. The van der Waals surface area contributed by atoms with Gasteiger partial charge in [0.1, 0.15) is 10.7 Å². The molecule has 0 bridgehead atoms. The van der Waals surface area contributed by atoms with E-state index in [0.717, 1.165) is 20.4 Å². The Morgan fingerprint density at radius 1 is 1.42 bits per heavy atom. The van der Waals surface area contributed by atoms with Crippen LogP contribution in [-0.4, -0.2) is 33.4 Å². The van der Waals surface area contributed by atoms with E-state index < -0.39 is 5.97 Å². The fourth-order valence-corrected chi connectivity index (χ4v) is 4.36. The lowest BCUT2D eigenvalue weighted by Gasteiger charge is -2.05. The van der Waals surface area contributed by atoms with Gasteiger partial charge in [-0.2, -0.15) is 0 Å². The van der Waals surface area contributed by atoms with Crippen molar-refractivity contribution >= 4 is 62.7 Å². The van der Waals surface area contributed by atoms with E-state index in [2.05, 4.69) is 31.1 Å². The molecule has 2 heterocycles. The van der Waals surface area contributed by atoms with E-state index in [1.807, 2.05) is 12.1 Å². The average molecular weight is 473 g/mol. The minimum absolute atomic E-state index is 0.114. The first-order valence-corrected chi connectivity index (χ1v) is 9.91. The SMILES string of the molecule is COc1ccc(Cl)cc1-c1nc(S/C(=C\c2ccc(Br)s2)C(=O)O)n[nH]1. The summed E-state index contributed by atoms with van der Waals surface area (Å²) >= 11 is 11.8. The number of methoxy groups -OCH3 is 1. The minimum atomic E-state index is -1.05. The molecule has 0 saturated carbocycles. The predicted molar refractivity (Wildman–Crippen MR) is 107 cm³/mol. The van der Waals surface area contributed by atoms with Crippen LogP contribution in [0.25, 0.3) is 17.5 Å². The number of carboxylic acids is 1. The van der Waals surface area contributed by atoms with Crippen molar-refractivity contribution in [3.8, 4) is 17.1 Å². The van der Waals surface area contributed by atoms with Crippen molar-refractivity contribution in [2.75, 3.05) is 7.11 Å². The Bertz CT molecular complexity index is 987. The molecule has 2 N–H and O–H groups in total. The van der Waals surface area contributed by atoms with Gasteiger partial charge >= 0.3 is 5.97 Å². The van der Waals surface area contributed by atoms with Gasteiger partial charge in [0.2, 0.25) is 5.16 Å². The molecule has 1 aromatic carbocycles. The topological polar surface area (TPSA) is 88.1 Å². The van der Waals surface area contributed by atoms with Gasteiger partial charge < -0.3 is 9.84 Å². The van der Waals surface area contributed by atoms with Crippen molar-refractivity contribution in [2.45, 2.75) is 5.16 Å².